The number of nitrogens with one attached hydrogen (secondary N) is 1. The van der Waals surface area contributed by atoms with E-state index in [1.807, 2.05) is 6.92 Å². The molecule has 6 heteroatoms. The van der Waals surface area contributed by atoms with Crippen LogP contribution in [0.25, 0.3) is 0 Å². The van der Waals surface area contributed by atoms with Crippen molar-refractivity contribution in [1.82, 2.24) is 0 Å². The van der Waals surface area contributed by atoms with Crippen LogP contribution in [0.2, 0.25) is 0 Å². The minimum absolute atomic E-state index is 0.213. The number of aryl methyl sites for hydroxylation is 2. The average Bonchev–Trinajstić information content (AvgIpc) is 2.37. The van der Waals surface area contributed by atoms with Crippen LogP contribution in [0.1, 0.15) is 11.1 Å². The summed E-state index contributed by atoms with van der Waals surface area (Å²) in [5, 5.41) is 0. The van der Waals surface area contributed by atoms with Crippen molar-refractivity contribution in [2.24, 2.45) is 0 Å². The fourth-order valence-electron chi connectivity index (χ4n) is 2.13. The zero-order chi connectivity index (χ0) is 15.6. The lowest BCUT2D eigenvalue weighted by Crippen LogP contribution is -2.14. The quantitative estimate of drug-likeness (QED) is 0.851. The van der Waals surface area contributed by atoms with Gasteiger partial charge in [0.25, 0.3) is 10.0 Å². The number of hydrogen-bond donors (Lipinski definition) is 2. The Hall–Kier alpha value is -2.21. The van der Waals surface area contributed by atoms with Crippen LogP contribution in [-0.2, 0) is 10.0 Å². The first-order valence-electron chi connectivity index (χ1n) is 6.37. The molecule has 0 radical (unpaired) electrons. The molecule has 0 fully saturated rings. The predicted molar refractivity (Wildman–Crippen MR) is 84.1 cm³/mol. The number of hydrogen-bond acceptors (Lipinski definition) is 4. The molecule has 0 saturated heterocycles. The van der Waals surface area contributed by atoms with E-state index >= 15 is 0 Å². The molecule has 0 aromatic heterocycles. The Labute approximate surface area is 124 Å². The number of benzene rings is 2. The van der Waals surface area contributed by atoms with Gasteiger partial charge < -0.3 is 10.5 Å². The van der Waals surface area contributed by atoms with Crippen LogP contribution >= 0.6 is 0 Å². The van der Waals surface area contributed by atoms with Crippen molar-refractivity contribution in [3.63, 3.8) is 0 Å². The molecule has 2 rings (SSSR count). The monoisotopic (exact) mass is 306 g/mol. The van der Waals surface area contributed by atoms with Gasteiger partial charge in [-0.2, -0.15) is 0 Å². The van der Waals surface area contributed by atoms with Gasteiger partial charge in [0.05, 0.1) is 12.0 Å². The molecule has 3 N–H and O–H groups in total. The van der Waals surface area contributed by atoms with Gasteiger partial charge in [0.15, 0.2) is 0 Å². The van der Waals surface area contributed by atoms with Crippen LogP contribution in [0.4, 0.5) is 11.4 Å². The van der Waals surface area contributed by atoms with E-state index in [0.29, 0.717) is 22.7 Å². The number of ether oxygens (including phenoxy) is 1. The van der Waals surface area contributed by atoms with Crippen molar-refractivity contribution in [2.75, 3.05) is 17.6 Å². The first kappa shape index (κ1) is 15.2. The minimum atomic E-state index is -3.64. The highest BCUT2D eigenvalue weighted by Gasteiger charge is 2.17. The standard InChI is InChI=1S/C15H18N2O3S/c1-10-9-13(5-6-14(10)20-3)17-21(18,19)15-7-4-12(16)8-11(15)2/h4-9,17H,16H2,1-3H3. The van der Waals surface area contributed by atoms with Gasteiger partial charge in [-0.25, -0.2) is 8.42 Å². The second-order valence-electron chi connectivity index (χ2n) is 4.81. The van der Waals surface area contributed by atoms with E-state index in [9.17, 15) is 8.42 Å². The summed E-state index contributed by atoms with van der Waals surface area (Å²) in [6.07, 6.45) is 0. The van der Waals surface area contributed by atoms with Crippen LogP contribution in [0.3, 0.4) is 0 Å². The number of methoxy groups -OCH3 is 1. The van der Waals surface area contributed by atoms with E-state index in [1.54, 1.807) is 44.4 Å². The van der Waals surface area contributed by atoms with Crippen molar-refractivity contribution in [2.45, 2.75) is 18.7 Å². The highest BCUT2D eigenvalue weighted by molar-refractivity contribution is 7.92. The van der Waals surface area contributed by atoms with Gasteiger partial charge in [-0.15, -0.1) is 0 Å². The van der Waals surface area contributed by atoms with Crippen molar-refractivity contribution >= 4 is 21.4 Å². The predicted octanol–water partition coefficient (Wildman–Crippen LogP) is 2.70. The second kappa shape index (κ2) is 5.65. The minimum Gasteiger partial charge on any atom is -0.496 e. The average molecular weight is 306 g/mol. The van der Waals surface area contributed by atoms with Gasteiger partial charge in [-0.1, -0.05) is 0 Å². The third-order valence-electron chi connectivity index (χ3n) is 3.14. The van der Waals surface area contributed by atoms with Crippen molar-refractivity contribution in [3.05, 3.63) is 47.5 Å². The lowest BCUT2D eigenvalue weighted by molar-refractivity contribution is 0.412. The zero-order valence-electron chi connectivity index (χ0n) is 12.2. The largest absolute Gasteiger partial charge is 0.496 e. The third kappa shape index (κ3) is 3.28. The highest BCUT2D eigenvalue weighted by atomic mass is 32.2. The molecule has 0 amide bonds. The number of nitrogens with two attached hydrogens (primary N) is 1. The van der Waals surface area contributed by atoms with Gasteiger partial charge in [-0.3, -0.25) is 4.72 Å². The Morgan fingerprint density at radius 2 is 1.76 bits per heavy atom. The molecule has 0 atom stereocenters. The van der Waals surface area contributed by atoms with E-state index in [2.05, 4.69) is 4.72 Å². The summed E-state index contributed by atoms with van der Waals surface area (Å²) in [6, 6.07) is 9.82. The molecule has 2 aromatic carbocycles. The summed E-state index contributed by atoms with van der Waals surface area (Å²) in [5.41, 5.74) is 8.13. The van der Waals surface area contributed by atoms with Gasteiger partial charge in [0, 0.05) is 11.4 Å². The van der Waals surface area contributed by atoms with Crippen molar-refractivity contribution in [3.8, 4) is 5.75 Å². The van der Waals surface area contributed by atoms with Gasteiger partial charge in [-0.05, 0) is 61.4 Å². The molecule has 21 heavy (non-hydrogen) atoms. The van der Waals surface area contributed by atoms with E-state index in [1.165, 1.54) is 6.07 Å². The topological polar surface area (TPSA) is 81.4 Å². The van der Waals surface area contributed by atoms with Crippen LogP contribution in [0.15, 0.2) is 41.3 Å². The first-order chi connectivity index (χ1) is 9.83. The van der Waals surface area contributed by atoms with Crippen LogP contribution in [0.5, 0.6) is 5.75 Å². The number of anilines is 2. The number of rotatable bonds is 4. The summed E-state index contributed by atoms with van der Waals surface area (Å²) < 4.78 is 32.6. The molecular formula is C15H18N2O3S. The van der Waals surface area contributed by atoms with Crippen LogP contribution in [-0.4, -0.2) is 15.5 Å². The lowest BCUT2D eigenvalue weighted by atomic mass is 10.2. The number of sulfonamides is 1. The van der Waals surface area contributed by atoms with Gasteiger partial charge >= 0.3 is 0 Å². The summed E-state index contributed by atoms with van der Waals surface area (Å²) in [4.78, 5) is 0.213. The molecule has 0 bridgehead atoms. The maximum atomic E-state index is 12.4. The maximum Gasteiger partial charge on any atom is 0.262 e. The molecular weight excluding hydrogens is 288 g/mol. The van der Waals surface area contributed by atoms with Crippen LogP contribution in [0, 0.1) is 13.8 Å². The Morgan fingerprint density at radius 3 is 2.33 bits per heavy atom. The fourth-order valence-corrected chi connectivity index (χ4v) is 3.40. The SMILES string of the molecule is COc1ccc(NS(=O)(=O)c2ccc(N)cc2C)cc1C. The maximum absolute atomic E-state index is 12.4. The van der Waals surface area contributed by atoms with E-state index in [4.69, 9.17) is 10.5 Å². The Morgan fingerprint density at radius 1 is 1.05 bits per heavy atom. The molecule has 0 unspecified atom stereocenters. The van der Waals surface area contributed by atoms with E-state index in [0.717, 1.165) is 5.56 Å². The summed E-state index contributed by atoms with van der Waals surface area (Å²) in [6.45, 7) is 3.56. The summed E-state index contributed by atoms with van der Waals surface area (Å²) >= 11 is 0. The molecule has 0 aliphatic rings. The lowest BCUT2D eigenvalue weighted by Gasteiger charge is -2.12. The second-order valence-corrected chi connectivity index (χ2v) is 6.47. The summed E-state index contributed by atoms with van der Waals surface area (Å²) in [7, 11) is -2.07. The van der Waals surface area contributed by atoms with Gasteiger partial charge in [0.1, 0.15) is 5.75 Å². The Kier molecular flexibility index (Phi) is 4.09. The zero-order valence-corrected chi connectivity index (χ0v) is 13.0. The van der Waals surface area contributed by atoms with Crippen LogP contribution < -0.4 is 15.2 Å². The molecule has 0 heterocycles. The van der Waals surface area contributed by atoms with Gasteiger partial charge in [0.2, 0.25) is 0 Å². The smallest absolute Gasteiger partial charge is 0.262 e. The molecule has 5 nitrogen and oxygen atoms in total. The molecule has 0 aliphatic heterocycles. The molecule has 0 saturated carbocycles. The molecule has 0 aliphatic carbocycles. The van der Waals surface area contributed by atoms with Crippen molar-refractivity contribution in [1.29, 1.82) is 0 Å². The number of nitrogen functional groups attached to an aromatic ring is 1. The third-order valence-corrected chi connectivity index (χ3v) is 4.68. The molecule has 112 valence electrons. The summed E-state index contributed by atoms with van der Waals surface area (Å²) in [5.74, 6) is 0.710. The molecule has 0 spiro atoms. The van der Waals surface area contributed by atoms with E-state index < -0.39 is 10.0 Å². The highest BCUT2D eigenvalue weighted by Crippen LogP contribution is 2.25. The van der Waals surface area contributed by atoms with Crippen molar-refractivity contribution < 1.29 is 13.2 Å². The molecule has 2 aromatic rings. The normalized spacial score (nSPS) is 11.2. The Balaban J connectivity index is 2.35. The fraction of sp³-hybridized carbons (Fsp3) is 0.200. The van der Waals surface area contributed by atoms with E-state index in [-0.39, 0.29) is 4.90 Å². The first-order valence-corrected chi connectivity index (χ1v) is 7.85. The Bertz CT molecular complexity index is 770.